The van der Waals surface area contributed by atoms with Crippen molar-refractivity contribution >= 4 is 27.5 Å². The van der Waals surface area contributed by atoms with Gasteiger partial charge in [0, 0.05) is 24.7 Å². The van der Waals surface area contributed by atoms with Crippen LogP contribution in [0.4, 0.5) is 5.69 Å². The maximum absolute atomic E-state index is 12.9. The van der Waals surface area contributed by atoms with E-state index in [0.29, 0.717) is 30.5 Å². The van der Waals surface area contributed by atoms with Crippen LogP contribution in [0.5, 0.6) is 11.5 Å². The number of ether oxygens (including phenoxy) is 2. The number of rotatable bonds is 7. The second-order valence-corrected chi connectivity index (χ2v) is 9.62. The van der Waals surface area contributed by atoms with Crippen LogP contribution in [0.1, 0.15) is 40.5 Å². The minimum Gasteiger partial charge on any atom is -0.493 e. The Morgan fingerprint density at radius 1 is 1.03 bits per heavy atom. The lowest BCUT2D eigenvalue weighted by molar-refractivity contribution is 0.100. The number of nitrogens with two attached hydrogens (primary N) is 1. The van der Waals surface area contributed by atoms with Crippen molar-refractivity contribution in [3.63, 3.8) is 0 Å². The van der Waals surface area contributed by atoms with Gasteiger partial charge in [-0.3, -0.25) is 9.59 Å². The van der Waals surface area contributed by atoms with E-state index in [-0.39, 0.29) is 21.7 Å². The lowest BCUT2D eigenvalue weighted by Gasteiger charge is -2.29. The predicted molar refractivity (Wildman–Crippen MR) is 120 cm³/mol. The molecule has 2 amide bonds. The summed E-state index contributed by atoms with van der Waals surface area (Å²) in [6, 6.07) is 8.50. The third-order valence-electron chi connectivity index (χ3n) is 5.53. The fraction of sp³-hybridized carbons (Fsp3) is 0.364. The summed E-state index contributed by atoms with van der Waals surface area (Å²) < 4.78 is 37.6. The van der Waals surface area contributed by atoms with Crippen LogP contribution in [0, 0.1) is 5.92 Å². The number of benzene rings is 2. The van der Waals surface area contributed by atoms with Crippen molar-refractivity contribution in [2.24, 2.45) is 11.7 Å². The van der Waals surface area contributed by atoms with Crippen LogP contribution in [0.15, 0.2) is 41.3 Å². The molecule has 1 aliphatic heterocycles. The quantitative estimate of drug-likeness (QED) is 0.652. The van der Waals surface area contributed by atoms with E-state index in [9.17, 15) is 18.0 Å². The molecule has 0 radical (unpaired) electrons. The maximum Gasteiger partial charge on any atom is 0.255 e. The van der Waals surface area contributed by atoms with Crippen molar-refractivity contribution in [3.05, 3.63) is 47.5 Å². The second-order valence-electron chi connectivity index (χ2n) is 7.68. The highest BCUT2D eigenvalue weighted by Crippen LogP contribution is 2.33. The summed E-state index contributed by atoms with van der Waals surface area (Å²) in [6.07, 6.45) is 1.65. The van der Waals surface area contributed by atoms with E-state index in [4.69, 9.17) is 15.2 Å². The Hall–Kier alpha value is -3.11. The Bertz CT molecular complexity index is 1110. The lowest BCUT2D eigenvalue weighted by atomic mass is 10.0. The molecule has 0 saturated carbocycles. The zero-order valence-electron chi connectivity index (χ0n) is 18.3. The predicted octanol–water partition coefficient (Wildman–Crippen LogP) is 2.48. The van der Waals surface area contributed by atoms with E-state index in [1.165, 1.54) is 54.9 Å². The second kappa shape index (κ2) is 9.58. The molecule has 3 rings (SSSR count). The maximum atomic E-state index is 12.9. The van der Waals surface area contributed by atoms with Gasteiger partial charge in [-0.2, -0.15) is 4.31 Å². The summed E-state index contributed by atoms with van der Waals surface area (Å²) in [6.45, 7) is 3.08. The van der Waals surface area contributed by atoms with Gasteiger partial charge in [0.25, 0.3) is 11.8 Å². The van der Waals surface area contributed by atoms with E-state index in [1.54, 1.807) is 0 Å². The van der Waals surface area contributed by atoms with E-state index in [2.05, 4.69) is 12.2 Å². The summed E-state index contributed by atoms with van der Waals surface area (Å²) >= 11 is 0. The van der Waals surface area contributed by atoms with Crippen LogP contribution in [-0.4, -0.2) is 51.8 Å². The van der Waals surface area contributed by atoms with Gasteiger partial charge in [-0.15, -0.1) is 0 Å². The standard InChI is InChI=1S/C22H27N3O6S/c1-14-8-10-25(11-9-14)32(28,29)16-6-4-15(5-7-16)22(27)24-18-13-20(31-3)19(30-2)12-17(18)21(23)26/h4-7,12-14H,8-11H2,1-3H3,(H2,23,26)(H,24,27). The molecule has 0 atom stereocenters. The highest BCUT2D eigenvalue weighted by Gasteiger charge is 2.28. The molecule has 3 N–H and O–H groups in total. The van der Waals surface area contributed by atoms with Crippen LogP contribution in [0.25, 0.3) is 0 Å². The number of nitrogens with one attached hydrogen (secondary N) is 1. The normalized spacial score (nSPS) is 15.2. The number of hydrogen-bond acceptors (Lipinski definition) is 6. The summed E-state index contributed by atoms with van der Waals surface area (Å²) in [5.74, 6) is -0.172. The first-order chi connectivity index (χ1) is 15.2. The molecule has 2 aromatic rings. The number of anilines is 1. The number of hydrogen-bond donors (Lipinski definition) is 2. The smallest absolute Gasteiger partial charge is 0.255 e. The van der Waals surface area contributed by atoms with Crippen molar-refractivity contribution in [2.45, 2.75) is 24.7 Å². The number of piperidine rings is 1. The Labute approximate surface area is 187 Å². The molecule has 2 aromatic carbocycles. The zero-order valence-corrected chi connectivity index (χ0v) is 19.1. The van der Waals surface area contributed by atoms with Gasteiger partial charge in [-0.1, -0.05) is 6.92 Å². The van der Waals surface area contributed by atoms with Crippen molar-refractivity contribution in [2.75, 3.05) is 32.6 Å². The Morgan fingerprint density at radius 2 is 1.59 bits per heavy atom. The summed E-state index contributed by atoms with van der Waals surface area (Å²) in [4.78, 5) is 24.7. The molecule has 10 heteroatoms. The van der Waals surface area contributed by atoms with Gasteiger partial charge in [0.15, 0.2) is 11.5 Å². The molecule has 0 bridgehead atoms. The van der Waals surface area contributed by atoms with Gasteiger partial charge < -0.3 is 20.5 Å². The molecule has 172 valence electrons. The number of carbonyl (C=O) groups excluding carboxylic acids is 2. The van der Waals surface area contributed by atoms with Crippen molar-refractivity contribution in [3.8, 4) is 11.5 Å². The average Bonchev–Trinajstić information content (AvgIpc) is 2.78. The van der Waals surface area contributed by atoms with Gasteiger partial charge in [-0.25, -0.2) is 8.42 Å². The lowest BCUT2D eigenvalue weighted by Crippen LogP contribution is -2.37. The van der Waals surface area contributed by atoms with E-state index < -0.39 is 21.8 Å². The molecule has 1 aliphatic rings. The molecule has 9 nitrogen and oxygen atoms in total. The highest BCUT2D eigenvalue weighted by molar-refractivity contribution is 7.89. The molecule has 1 heterocycles. The molecule has 0 aromatic heterocycles. The van der Waals surface area contributed by atoms with Gasteiger partial charge >= 0.3 is 0 Å². The van der Waals surface area contributed by atoms with E-state index in [0.717, 1.165) is 12.8 Å². The Kier molecular flexibility index (Phi) is 7.05. The molecule has 1 fully saturated rings. The molecule has 0 spiro atoms. The van der Waals surface area contributed by atoms with Crippen LogP contribution < -0.4 is 20.5 Å². The highest BCUT2D eigenvalue weighted by atomic mass is 32.2. The number of amides is 2. The number of nitrogens with zero attached hydrogens (tertiary/aromatic N) is 1. The topological polar surface area (TPSA) is 128 Å². The fourth-order valence-corrected chi connectivity index (χ4v) is 5.00. The van der Waals surface area contributed by atoms with Crippen LogP contribution >= 0.6 is 0 Å². The number of primary amides is 1. The molecular weight excluding hydrogens is 434 g/mol. The van der Waals surface area contributed by atoms with Gasteiger partial charge in [-0.05, 0) is 49.1 Å². The third kappa shape index (κ3) is 4.86. The number of carbonyl (C=O) groups is 2. The van der Waals surface area contributed by atoms with Crippen LogP contribution in [0.3, 0.4) is 0 Å². The third-order valence-corrected chi connectivity index (χ3v) is 7.45. The van der Waals surface area contributed by atoms with Gasteiger partial charge in [0.2, 0.25) is 10.0 Å². The van der Waals surface area contributed by atoms with E-state index in [1.807, 2.05) is 0 Å². The summed E-state index contributed by atoms with van der Waals surface area (Å²) in [5.41, 5.74) is 5.86. The Morgan fingerprint density at radius 3 is 2.12 bits per heavy atom. The number of methoxy groups -OCH3 is 2. The Balaban J connectivity index is 1.82. The first kappa shape index (κ1) is 23.6. The molecular formula is C22H27N3O6S. The largest absolute Gasteiger partial charge is 0.493 e. The molecule has 0 aliphatic carbocycles. The number of sulfonamides is 1. The molecule has 0 unspecified atom stereocenters. The van der Waals surface area contributed by atoms with Crippen LogP contribution in [0.2, 0.25) is 0 Å². The summed E-state index contributed by atoms with van der Waals surface area (Å²) in [7, 11) is -0.768. The van der Waals surface area contributed by atoms with Gasteiger partial charge in [0.1, 0.15) is 0 Å². The van der Waals surface area contributed by atoms with E-state index >= 15 is 0 Å². The van der Waals surface area contributed by atoms with Crippen LogP contribution in [-0.2, 0) is 10.0 Å². The molecule has 32 heavy (non-hydrogen) atoms. The summed E-state index contributed by atoms with van der Waals surface area (Å²) in [5, 5.41) is 2.63. The van der Waals surface area contributed by atoms with Crippen molar-refractivity contribution in [1.29, 1.82) is 0 Å². The minimum absolute atomic E-state index is 0.0505. The average molecular weight is 462 g/mol. The first-order valence-corrected chi connectivity index (χ1v) is 11.6. The van der Waals surface area contributed by atoms with Crippen molar-refractivity contribution < 1.29 is 27.5 Å². The van der Waals surface area contributed by atoms with Gasteiger partial charge in [0.05, 0.1) is 30.4 Å². The SMILES string of the molecule is COc1cc(NC(=O)c2ccc(S(=O)(=O)N3CCC(C)CC3)cc2)c(C(N)=O)cc1OC. The fourth-order valence-electron chi connectivity index (χ4n) is 3.53. The first-order valence-electron chi connectivity index (χ1n) is 10.1. The zero-order chi connectivity index (χ0) is 23.5. The van der Waals surface area contributed by atoms with Crippen molar-refractivity contribution in [1.82, 2.24) is 4.31 Å². The minimum atomic E-state index is -3.61. The molecule has 1 saturated heterocycles. The monoisotopic (exact) mass is 461 g/mol.